The lowest BCUT2D eigenvalue weighted by Gasteiger charge is -2.36. The Morgan fingerprint density at radius 1 is 1.38 bits per heavy atom. The molecule has 1 amide bonds. The van der Waals surface area contributed by atoms with Crippen LogP contribution in [0.5, 0.6) is 0 Å². The van der Waals surface area contributed by atoms with Gasteiger partial charge in [-0.2, -0.15) is 0 Å². The molecule has 1 heterocycles. The number of aryl methyl sites for hydroxylation is 1. The minimum atomic E-state index is 0.179. The lowest BCUT2D eigenvalue weighted by molar-refractivity contribution is -0.132. The fourth-order valence-electron chi connectivity index (χ4n) is 2.84. The first-order valence-corrected chi connectivity index (χ1v) is 7.75. The SMILES string of the molecule is Cc1ccc(CN(C)C(=O)CN2CCC(N)CC2C)cc1. The van der Waals surface area contributed by atoms with E-state index in [2.05, 4.69) is 43.0 Å². The number of likely N-dealkylation sites (tertiary alicyclic amines) is 1. The van der Waals surface area contributed by atoms with Crippen LogP contribution in [-0.2, 0) is 11.3 Å². The molecule has 1 fully saturated rings. The Bertz CT molecular complexity index is 471. The molecule has 0 radical (unpaired) electrons. The zero-order valence-electron chi connectivity index (χ0n) is 13.4. The van der Waals surface area contributed by atoms with Crippen molar-refractivity contribution in [3.63, 3.8) is 0 Å². The monoisotopic (exact) mass is 289 g/mol. The summed E-state index contributed by atoms with van der Waals surface area (Å²) in [5.41, 5.74) is 8.38. The van der Waals surface area contributed by atoms with Gasteiger partial charge in [0.25, 0.3) is 0 Å². The molecular weight excluding hydrogens is 262 g/mol. The van der Waals surface area contributed by atoms with Gasteiger partial charge in [0, 0.05) is 32.2 Å². The average molecular weight is 289 g/mol. The third-order valence-corrected chi connectivity index (χ3v) is 4.36. The molecule has 4 heteroatoms. The highest BCUT2D eigenvalue weighted by Crippen LogP contribution is 2.16. The molecule has 1 aromatic carbocycles. The van der Waals surface area contributed by atoms with E-state index in [1.807, 2.05) is 11.9 Å². The lowest BCUT2D eigenvalue weighted by Crippen LogP contribution is -2.49. The lowest BCUT2D eigenvalue weighted by atomic mass is 9.99. The summed E-state index contributed by atoms with van der Waals surface area (Å²) < 4.78 is 0. The standard InChI is InChI=1S/C17H27N3O/c1-13-4-6-15(7-5-13)11-19(3)17(21)12-20-9-8-16(18)10-14(20)2/h4-7,14,16H,8-12,18H2,1-3H3. The largest absolute Gasteiger partial charge is 0.340 e. The van der Waals surface area contributed by atoms with E-state index in [-0.39, 0.29) is 11.9 Å². The maximum Gasteiger partial charge on any atom is 0.236 e. The van der Waals surface area contributed by atoms with Crippen molar-refractivity contribution in [2.45, 2.75) is 45.3 Å². The highest BCUT2D eigenvalue weighted by Gasteiger charge is 2.25. The summed E-state index contributed by atoms with van der Waals surface area (Å²) in [5.74, 6) is 0.179. The predicted molar refractivity (Wildman–Crippen MR) is 85.9 cm³/mol. The number of piperidine rings is 1. The van der Waals surface area contributed by atoms with Crippen LogP contribution < -0.4 is 5.73 Å². The van der Waals surface area contributed by atoms with Gasteiger partial charge in [0.15, 0.2) is 0 Å². The van der Waals surface area contributed by atoms with Crippen molar-refractivity contribution < 1.29 is 4.79 Å². The average Bonchev–Trinajstić information content (AvgIpc) is 2.44. The van der Waals surface area contributed by atoms with E-state index in [0.717, 1.165) is 19.4 Å². The minimum Gasteiger partial charge on any atom is -0.340 e. The number of carbonyl (C=O) groups excluding carboxylic acids is 1. The zero-order chi connectivity index (χ0) is 15.4. The number of rotatable bonds is 4. The number of likely N-dealkylation sites (N-methyl/N-ethyl adjacent to an activating group) is 1. The Morgan fingerprint density at radius 2 is 2.05 bits per heavy atom. The summed E-state index contributed by atoms with van der Waals surface area (Å²) in [4.78, 5) is 16.4. The number of carbonyl (C=O) groups is 1. The second-order valence-electron chi connectivity index (χ2n) is 6.34. The molecule has 0 aromatic heterocycles. The number of hydrogen-bond acceptors (Lipinski definition) is 3. The molecule has 0 saturated carbocycles. The topological polar surface area (TPSA) is 49.6 Å². The Morgan fingerprint density at radius 3 is 2.67 bits per heavy atom. The van der Waals surface area contributed by atoms with Crippen molar-refractivity contribution in [2.75, 3.05) is 20.1 Å². The highest BCUT2D eigenvalue weighted by atomic mass is 16.2. The Kier molecular flexibility index (Phi) is 5.37. The number of benzene rings is 1. The van der Waals surface area contributed by atoms with E-state index >= 15 is 0 Å². The van der Waals surface area contributed by atoms with Crippen LogP contribution in [0.4, 0.5) is 0 Å². The van der Waals surface area contributed by atoms with Gasteiger partial charge in [-0.3, -0.25) is 9.69 Å². The number of nitrogens with zero attached hydrogens (tertiary/aromatic N) is 2. The first kappa shape index (κ1) is 16.0. The second kappa shape index (κ2) is 7.05. The van der Waals surface area contributed by atoms with Crippen molar-refractivity contribution in [1.82, 2.24) is 9.80 Å². The zero-order valence-corrected chi connectivity index (χ0v) is 13.4. The van der Waals surface area contributed by atoms with E-state index < -0.39 is 0 Å². The summed E-state index contributed by atoms with van der Waals surface area (Å²) in [6.07, 6.45) is 1.97. The van der Waals surface area contributed by atoms with Gasteiger partial charge in [-0.1, -0.05) is 29.8 Å². The van der Waals surface area contributed by atoms with Crippen molar-refractivity contribution in [1.29, 1.82) is 0 Å². The molecule has 0 bridgehead atoms. The molecule has 2 unspecified atom stereocenters. The van der Waals surface area contributed by atoms with E-state index in [0.29, 0.717) is 19.1 Å². The molecule has 2 atom stereocenters. The highest BCUT2D eigenvalue weighted by molar-refractivity contribution is 5.78. The first-order chi connectivity index (χ1) is 9.95. The number of amides is 1. The molecule has 0 aliphatic carbocycles. The molecule has 21 heavy (non-hydrogen) atoms. The fourth-order valence-corrected chi connectivity index (χ4v) is 2.84. The third kappa shape index (κ3) is 4.55. The molecule has 1 aromatic rings. The Labute approximate surface area is 127 Å². The van der Waals surface area contributed by atoms with E-state index in [1.165, 1.54) is 11.1 Å². The van der Waals surface area contributed by atoms with Crippen LogP contribution in [0.3, 0.4) is 0 Å². The van der Waals surface area contributed by atoms with Crippen molar-refractivity contribution >= 4 is 5.91 Å². The molecule has 4 nitrogen and oxygen atoms in total. The van der Waals surface area contributed by atoms with Crippen molar-refractivity contribution in [2.24, 2.45) is 5.73 Å². The summed E-state index contributed by atoms with van der Waals surface area (Å²) >= 11 is 0. The second-order valence-corrected chi connectivity index (χ2v) is 6.34. The van der Waals surface area contributed by atoms with Crippen molar-refractivity contribution in [3.05, 3.63) is 35.4 Å². The van der Waals surface area contributed by atoms with Crippen LogP contribution in [0.2, 0.25) is 0 Å². The van der Waals surface area contributed by atoms with Gasteiger partial charge >= 0.3 is 0 Å². The third-order valence-electron chi connectivity index (χ3n) is 4.36. The first-order valence-electron chi connectivity index (χ1n) is 7.75. The fraction of sp³-hybridized carbons (Fsp3) is 0.588. The van der Waals surface area contributed by atoms with Gasteiger partial charge in [0.05, 0.1) is 6.54 Å². The Balaban J connectivity index is 1.86. The van der Waals surface area contributed by atoms with E-state index in [9.17, 15) is 4.79 Å². The van der Waals surface area contributed by atoms with Crippen LogP contribution in [0, 0.1) is 6.92 Å². The minimum absolute atomic E-state index is 0.179. The molecule has 2 rings (SSSR count). The van der Waals surface area contributed by atoms with Gasteiger partial charge in [-0.15, -0.1) is 0 Å². The molecule has 0 spiro atoms. The molecule has 116 valence electrons. The maximum absolute atomic E-state index is 12.4. The van der Waals surface area contributed by atoms with E-state index in [1.54, 1.807) is 0 Å². The summed E-state index contributed by atoms with van der Waals surface area (Å²) in [6, 6.07) is 9.02. The van der Waals surface area contributed by atoms with Crippen molar-refractivity contribution in [3.8, 4) is 0 Å². The van der Waals surface area contributed by atoms with Crippen LogP contribution in [0.15, 0.2) is 24.3 Å². The summed E-state index contributed by atoms with van der Waals surface area (Å²) in [7, 11) is 1.88. The predicted octanol–water partition coefficient (Wildman–Crippen LogP) is 1.77. The Hall–Kier alpha value is -1.39. The quantitative estimate of drug-likeness (QED) is 0.919. The number of nitrogens with two attached hydrogens (primary N) is 1. The van der Waals surface area contributed by atoms with Gasteiger partial charge < -0.3 is 10.6 Å². The molecule has 1 saturated heterocycles. The smallest absolute Gasteiger partial charge is 0.236 e. The van der Waals surface area contributed by atoms with Crippen LogP contribution in [0.25, 0.3) is 0 Å². The van der Waals surface area contributed by atoms with E-state index in [4.69, 9.17) is 5.73 Å². The molecule has 1 aliphatic heterocycles. The van der Waals surface area contributed by atoms with Gasteiger partial charge in [-0.05, 0) is 32.3 Å². The van der Waals surface area contributed by atoms with Crippen LogP contribution in [0.1, 0.15) is 30.9 Å². The molecule has 1 aliphatic rings. The van der Waals surface area contributed by atoms with Gasteiger partial charge in [0.1, 0.15) is 0 Å². The molecule has 2 N–H and O–H groups in total. The molecular formula is C17H27N3O. The maximum atomic E-state index is 12.4. The van der Waals surface area contributed by atoms with Gasteiger partial charge in [0.2, 0.25) is 5.91 Å². The van der Waals surface area contributed by atoms with Crippen LogP contribution >= 0.6 is 0 Å². The normalized spacial score (nSPS) is 23.0. The van der Waals surface area contributed by atoms with Crippen LogP contribution in [-0.4, -0.2) is 47.9 Å². The van der Waals surface area contributed by atoms with Gasteiger partial charge in [-0.25, -0.2) is 0 Å². The number of hydrogen-bond donors (Lipinski definition) is 1. The summed E-state index contributed by atoms with van der Waals surface area (Å²) in [6.45, 7) is 6.32. The summed E-state index contributed by atoms with van der Waals surface area (Å²) in [5, 5.41) is 0.